The van der Waals surface area contributed by atoms with Crippen molar-refractivity contribution in [1.29, 1.82) is 0 Å². The Morgan fingerprint density at radius 3 is 2.18 bits per heavy atom. The second-order valence-electron chi connectivity index (χ2n) is 8.18. The summed E-state index contributed by atoms with van der Waals surface area (Å²) in [5, 5.41) is 17.9. The Hall–Kier alpha value is -3.72. The average molecular weight is 453 g/mol. The molecule has 0 saturated heterocycles. The Kier molecular flexibility index (Phi) is 7.13. The predicted molar refractivity (Wildman–Crippen MR) is 120 cm³/mol. The van der Waals surface area contributed by atoms with Crippen LogP contribution in [0.15, 0.2) is 54.6 Å². The van der Waals surface area contributed by atoms with E-state index in [4.69, 9.17) is 0 Å². The molecule has 0 saturated carbocycles. The SMILES string of the molecule is CC(C)N1C(=O)c2ccccc2[C@H](NC(=O)[C@H](C)NC(=O)[C@@H](O)c2ccccc2)C(=O)N1C. The fraction of sp³-hybridized carbons (Fsp3) is 0.333. The molecule has 3 atom stereocenters. The maximum atomic E-state index is 13.2. The van der Waals surface area contributed by atoms with Gasteiger partial charge in [0.05, 0.1) is 0 Å². The summed E-state index contributed by atoms with van der Waals surface area (Å²) in [6.07, 6.45) is -1.44. The second kappa shape index (κ2) is 9.83. The number of nitrogens with zero attached hydrogens (tertiary/aromatic N) is 2. The van der Waals surface area contributed by atoms with Crippen LogP contribution in [0.4, 0.5) is 0 Å². The number of carbonyl (C=O) groups is 4. The van der Waals surface area contributed by atoms with Crippen LogP contribution in [0.3, 0.4) is 0 Å². The highest BCUT2D eigenvalue weighted by atomic mass is 16.3. The molecule has 4 amide bonds. The van der Waals surface area contributed by atoms with Gasteiger partial charge in [-0.15, -0.1) is 0 Å². The lowest BCUT2D eigenvalue weighted by Crippen LogP contribution is -2.53. The van der Waals surface area contributed by atoms with Crippen molar-refractivity contribution < 1.29 is 24.3 Å². The Balaban J connectivity index is 1.80. The third kappa shape index (κ3) is 4.88. The molecule has 0 unspecified atom stereocenters. The molecule has 0 spiro atoms. The summed E-state index contributed by atoms with van der Waals surface area (Å²) in [5.74, 6) is -2.20. The van der Waals surface area contributed by atoms with Crippen molar-refractivity contribution in [2.24, 2.45) is 0 Å². The first-order chi connectivity index (χ1) is 15.6. The number of aliphatic hydroxyl groups excluding tert-OH is 1. The molecule has 9 nitrogen and oxygen atoms in total. The van der Waals surface area contributed by atoms with Crippen molar-refractivity contribution in [2.45, 2.75) is 45.0 Å². The molecular formula is C24H28N4O5. The normalized spacial score (nSPS) is 17.8. The lowest BCUT2D eigenvalue weighted by atomic mass is 9.99. The summed E-state index contributed by atoms with van der Waals surface area (Å²) >= 11 is 0. The predicted octanol–water partition coefficient (Wildman–Crippen LogP) is 1.32. The maximum Gasteiger partial charge on any atom is 0.273 e. The van der Waals surface area contributed by atoms with Crippen LogP contribution in [-0.4, -0.2) is 57.9 Å². The molecule has 1 aliphatic heterocycles. The third-order valence-electron chi connectivity index (χ3n) is 5.49. The molecule has 2 aromatic rings. The Bertz CT molecular complexity index is 1060. The fourth-order valence-electron chi connectivity index (χ4n) is 3.76. The van der Waals surface area contributed by atoms with Crippen molar-refractivity contribution in [2.75, 3.05) is 7.05 Å². The van der Waals surface area contributed by atoms with Gasteiger partial charge in [0.1, 0.15) is 12.1 Å². The number of aliphatic hydroxyl groups is 1. The fourth-order valence-corrected chi connectivity index (χ4v) is 3.76. The summed E-state index contributed by atoms with van der Waals surface area (Å²) in [5.41, 5.74) is 1.08. The number of hydrazine groups is 1. The van der Waals surface area contributed by atoms with Gasteiger partial charge in [0.25, 0.3) is 17.7 Å². The minimum atomic E-state index is -1.44. The van der Waals surface area contributed by atoms with Crippen LogP contribution in [0.5, 0.6) is 0 Å². The van der Waals surface area contributed by atoms with Gasteiger partial charge >= 0.3 is 0 Å². The molecule has 2 aromatic carbocycles. The zero-order valence-corrected chi connectivity index (χ0v) is 19.0. The van der Waals surface area contributed by atoms with Gasteiger partial charge < -0.3 is 15.7 Å². The van der Waals surface area contributed by atoms with E-state index in [1.54, 1.807) is 68.4 Å². The van der Waals surface area contributed by atoms with Gasteiger partial charge in [-0.05, 0) is 38.0 Å². The number of hydrogen-bond donors (Lipinski definition) is 3. The second-order valence-corrected chi connectivity index (χ2v) is 8.18. The molecule has 174 valence electrons. The molecule has 1 aliphatic rings. The molecule has 1 heterocycles. The number of likely N-dealkylation sites (N-methyl/N-ethyl adjacent to an activating group) is 1. The van der Waals surface area contributed by atoms with E-state index in [0.717, 1.165) is 0 Å². The first kappa shape index (κ1) is 23.9. The van der Waals surface area contributed by atoms with Crippen molar-refractivity contribution in [1.82, 2.24) is 20.7 Å². The van der Waals surface area contributed by atoms with Gasteiger partial charge in [-0.3, -0.25) is 24.2 Å². The van der Waals surface area contributed by atoms with Gasteiger partial charge in [-0.1, -0.05) is 48.5 Å². The van der Waals surface area contributed by atoms with Crippen LogP contribution in [0, 0.1) is 0 Å². The zero-order chi connectivity index (χ0) is 24.3. The van der Waals surface area contributed by atoms with Crippen LogP contribution in [-0.2, 0) is 14.4 Å². The molecule has 0 radical (unpaired) electrons. The molecule has 3 rings (SSSR count). The van der Waals surface area contributed by atoms with Gasteiger partial charge in [0.15, 0.2) is 6.10 Å². The monoisotopic (exact) mass is 452 g/mol. The topological polar surface area (TPSA) is 119 Å². The lowest BCUT2D eigenvalue weighted by Gasteiger charge is -2.34. The van der Waals surface area contributed by atoms with E-state index in [-0.39, 0.29) is 11.9 Å². The molecule has 0 fully saturated rings. The highest BCUT2D eigenvalue weighted by Gasteiger charge is 2.39. The minimum Gasteiger partial charge on any atom is -0.378 e. The summed E-state index contributed by atoms with van der Waals surface area (Å²) in [4.78, 5) is 51.6. The minimum absolute atomic E-state index is 0.286. The van der Waals surface area contributed by atoms with Gasteiger partial charge in [-0.25, -0.2) is 5.01 Å². The van der Waals surface area contributed by atoms with Gasteiger partial charge in [-0.2, -0.15) is 0 Å². The summed E-state index contributed by atoms with van der Waals surface area (Å²) in [6, 6.07) is 12.5. The van der Waals surface area contributed by atoms with Gasteiger partial charge in [0.2, 0.25) is 5.91 Å². The highest BCUT2D eigenvalue weighted by Crippen LogP contribution is 2.27. The molecule has 0 aliphatic carbocycles. The Labute approximate surface area is 192 Å². The lowest BCUT2D eigenvalue weighted by molar-refractivity contribution is -0.147. The van der Waals surface area contributed by atoms with Crippen LogP contribution < -0.4 is 10.6 Å². The molecule has 0 aromatic heterocycles. The maximum absolute atomic E-state index is 13.2. The smallest absolute Gasteiger partial charge is 0.273 e. The van der Waals surface area contributed by atoms with E-state index in [0.29, 0.717) is 16.7 Å². The molecule has 0 bridgehead atoms. The summed E-state index contributed by atoms with van der Waals surface area (Å²) in [7, 11) is 1.48. The largest absolute Gasteiger partial charge is 0.378 e. The van der Waals surface area contributed by atoms with Crippen LogP contribution in [0.1, 0.15) is 54.4 Å². The number of fused-ring (bicyclic) bond motifs is 1. The number of amides is 4. The van der Waals surface area contributed by atoms with Crippen molar-refractivity contribution in [3.05, 3.63) is 71.3 Å². The summed E-state index contributed by atoms with van der Waals surface area (Å²) < 4.78 is 0. The van der Waals surface area contributed by atoms with Crippen molar-refractivity contribution in [3.63, 3.8) is 0 Å². The zero-order valence-electron chi connectivity index (χ0n) is 19.0. The number of nitrogens with one attached hydrogen (secondary N) is 2. The standard InChI is InChI=1S/C24H28N4O5/c1-14(2)28-23(32)18-13-9-8-12-17(18)19(24(33)27(28)4)26-21(30)15(3)25-22(31)20(29)16-10-6-5-7-11-16/h5-15,19-20,29H,1-4H3,(H,25,31)(H,26,30)/t15-,19-,20-/m0/s1. The molecule has 9 heteroatoms. The molecule has 33 heavy (non-hydrogen) atoms. The van der Waals surface area contributed by atoms with E-state index in [1.807, 2.05) is 0 Å². The Morgan fingerprint density at radius 1 is 0.939 bits per heavy atom. The van der Waals surface area contributed by atoms with E-state index in [9.17, 15) is 24.3 Å². The number of benzene rings is 2. The number of carbonyl (C=O) groups excluding carboxylic acids is 4. The van der Waals surface area contributed by atoms with E-state index < -0.39 is 35.9 Å². The van der Waals surface area contributed by atoms with Gasteiger partial charge in [0, 0.05) is 18.7 Å². The van der Waals surface area contributed by atoms with E-state index in [1.165, 1.54) is 24.0 Å². The van der Waals surface area contributed by atoms with Crippen molar-refractivity contribution in [3.8, 4) is 0 Å². The van der Waals surface area contributed by atoms with Crippen LogP contribution in [0.2, 0.25) is 0 Å². The first-order valence-corrected chi connectivity index (χ1v) is 10.7. The first-order valence-electron chi connectivity index (χ1n) is 10.7. The molecule has 3 N–H and O–H groups in total. The van der Waals surface area contributed by atoms with E-state index >= 15 is 0 Å². The number of hydrogen-bond acceptors (Lipinski definition) is 5. The Morgan fingerprint density at radius 2 is 1.55 bits per heavy atom. The summed E-state index contributed by atoms with van der Waals surface area (Å²) in [6.45, 7) is 5.03. The van der Waals surface area contributed by atoms with Crippen LogP contribution >= 0.6 is 0 Å². The quantitative estimate of drug-likeness (QED) is 0.611. The molecular weight excluding hydrogens is 424 g/mol. The average Bonchev–Trinajstić information content (AvgIpc) is 2.88. The highest BCUT2D eigenvalue weighted by molar-refractivity contribution is 6.02. The van der Waals surface area contributed by atoms with Crippen molar-refractivity contribution >= 4 is 23.6 Å². The van der Waals surface area contributed by atoms with E-state index in [2.05, 4.69) is 10.6 Å². The number of rotatable bonds is 6. The van der Waals surface area contributed by atoms with Crippen LogP contribution in [0.25, 0.3) is 0 Å². The third-order valence-corrected chi connectivity index (χ3v) is 5.49.